The molecule has 19 heavy (non-hydrogen) atoms. The number of esters is 1. The predicted octanol–water partition coefficient (Wildman–Crippen LogP) is 3.15. The van der Waals surface area contributed by atoms with Crippen molar-refractivity contribution in [1.82, 2.24) is 0 Å². The highest BCUT2D eigenvalue weighted by Crippen LogP contribution is 2.56. The summed E-state index contributed by atoms with van der Waals surface area (Å²) in [6, 6.07) is 0. The molecule has 110 valence electrons. The molecule has 0 heterocycles. The second-order valence-electron chi connectivity index (χ2n) is 7.19. The zero-order valence-corrected chi connectivity index (χ0v) is 12.7. The molecule has 0 radical (unpaired) electrons. The van der Waals surface area contributed by atoms with Gasteiger partial charge in [0.15, 0.2) is 0 Å². The molecular weight excluding hydrogens is 240 g/mol. The van der Waals surface area contributed by atoms with Crippen LogP contribution in [0.3, 0.4) is 0 Å². The zero-order valence-electron chi connectivity index (χ0n) is 12.7. The van der Waals surface area contributed by atoms with Gasteiger partial charge in [-0.1, -0.05) is 20.8 Å². The van der Waals surface area contributed by atoms with E-state index in [4.69, 9.17) is 4.74 Å². The molecule has 1 N–H and O–H groups in total. The average molecular weight is 268 g/mol. The van der Waals surface area contributed by atoms with Crippen LogP contribution >= 0.6 is 0 Å². The summed E-state index contributed by atoms with van der Waals surface area (Å²) in [5.41, 5.74) is -0.292. The lowest BCUT2D eigenvalue weighted by molar-refractivity contribution is -0.161. The fourth-order valence-electron chi connectivity index (χ4n) is 4.43. The molecule has 0 aromatic rings. The number of fused-ring (bicyclic) bond motifs is 1. The fourth-order valence-corrected chi connectivity index (χ4v) is 4.43. The Labute approximate surface area is 116 Å². The maximum Gasteiger partial charge on any atom is 0.308 e. The van der Waals surface area contributed by atoms with Crippen molar-refractivity contribution in [3.63, 3.8) is 0 Å². The molecule has 2 aliphatic carbocycles. The number of hydrogen-bond donors (Lipinski definition) is 1. The molecule has 3 nitrogen and oxygen atoms in total. The highest BCUT2D eigenvalue weighted by Gasteiger charge is 2.53. The maximum atomic E-state index is 11.8. The van der Waals surface area contributed by atoms with E-state index >= 15 is 0 Å². The lowest BCUT2D eigenvalue weighted by Crippen LogP contribution is -2.54. The van der Waals surface area contributed by atoms with Gasteiger partial charge in [0.25, 0.3) is 0 Å². The average Bonchev–Trinajstić information content (AvgIpc) is 2.42. The van der Waals surface area contributed by atoms with Crippen molar-refractivity contribution in [3.8, 4) is 0 Å². The Hall–Kier alpha value is -0.570. The van der Waals surface area contributed by atoms with Gasteiger partial charge in [-0.2, -0.15) is 0 Å². The van der Waals surface area contributed by atoms with E-state index < -0.39 is 5.60 Å². The third-order valence-electron chi connectivity index (χ3n) is 5.89. The van der Waals surface area contributed by atoms with E-state index in [0.717, 1.165) is 38.5 Å². The SMILES string of the molecule is CCC1(O)CCC(C)(C)C2CCC(C(=O)OC)CC21. The summed E-state index contributed by atoms with van der Waals surface area (Å²) in [5, 5.41) is 10.9. The third kappa shape index (κ3) is 2.54. The van der Waals surface area contributed by atoms with Gasteiger partial charge < -0.3 is 9.84 Å². The van der Waals surface area contributed by atoms with Crippen molar-refractivity contribution < 1.29 is 14.6 Å². The summed E-state index contributed by atoms with van der Waals surface area (Å²) in [6.07, 6.45) is 5.49. The number of carbonyl (C=O) groups excluding carboxylic acids is 1. The van der Waals surface area contributed by atoms with Crippen LogP contribution in [-0.4, -0.2) is 23.8 Å². The molecule has 2 saturated carbocycles. The minimum atomic E-state index is -0.577. The number of carbonyl (C=O) groups is 1. The van der Waals surface area contributed by atoms with Crippen LogP contribution in [0, 0.1) is 23.2 Å². The Balaban J connectivity index is 2.22. The van der Waals surface area contributed by atoms with Crippen molar-refractivity contribution >= 4 is 5.97 Å². The lowest BCUT2D eigenvalue weighted by atomic mass is 9.52. The Morgan fingerprint density at radius 1 is 1.26 bits per heavy atom. The van der Waals surface area contributed by atoms with E-state index in [0.29, 0.717) is 5.92 Å². The number of rotatable bonds is 2. The van der Waals surface area contributed by atoms with Gasteiger partial charge in [-0.3, -0.25) is 4.79 Å². The van der Waals surface area contributed by atoms with Gasteiger partial charge >= 0.3 is 5.97 Å². The number of ether oxygens (including phenoxy) is 1. The molecular formula is C16H28O3. The highest BCUT2D eigenvalue weighted by molar-refractivity contribution is 5.72. The van der Waals surface area contributed by atoms with Crippen molar-refractivity contribution in [2.24, 2.45) is 23.2 Å². The van der Waals surface area contributed by atoms with E-state index in [-0.39, 0.29) is 23.2 Å². The first-order valence-electron chi connectivity index (χ1n) is 7.64. The fraction of sp³-hybridized carbons (Fsp3) is 0.938. The second kappa shape index (κ2) is 5.08. The molecule has 2 fully saturated rings. The molecule has 0 bridgehead atoms. The largest absolute Gasteiger partial charge is 0.469 e. The minimum absolute atomic E-state index is 0.0155. The first kappa shape index (κ1) is 14.8. The van der Waals surface area contributed by atoms with Crippen molar-refractivity contribution in [1.29, 1.82) is 0 Å². The van der Waals surface area contributed by atoms with E-state index in [2.05, 4.69) is 20.8 Å². The van der Waals surface area contributed by atoms with Crippen LogP contribution in [0.5, 0.6) is 0 Å². The second-order valence-corrected chi connectivity index (χ2v) is 7.19. The molecule has 0 aromatic carbocycles. The normalized spacial score (nSPS) is 41.4. The standard InChI is InChI=1S/C16H28O3/c1-5-16(18)9-8-15(2,3)12-7-6-11(10-13(12)16)14(17)19-4/h11-13,18H,5-10H2,1-4H3. The molecule has 4 unspecified atom stereocenters. The van der Waals surface area contributed by atoms with Crippen LogP contribution in [0.15, 0.2) is 0 Å². The van der Waals surface area contributed by atoms with Crippen LogP contribution in [-0.2, 0) is 9.53 Å². The zero-order chi connectivity index (χ0) is 14.3. The third-order valence-corrected chi connectivity index (χ3v) is 5.89. The first-order valence-corrected chi connectivity index (χ1v) is 7.64. The molecule has 0 aromatic heterocycles. The van der Waals surface area contributed by atoms with E-state index in [1.54, 1.807) is 0 Å². The Kier molecular flexibility index (Phi) is 3.97. The van der Waals surface area contributed by atoms with Gasteiger partial charge in [0.2, 0.25) is 0 Å². The molecule has 0 spiro atoms. The summed E-state index contributed by atoms with van der Waals surface area (Å²) in [4.78, 5) is 11.8. The summed E-state index contributed by atoms with van der Waals surface area (Å²) in [7, 11) is 1.46. The minimum Gasteiger partial charge on any atom is -0.469 e. The lowest BCUT2D eigenvalue weighted by Gasteiger charge is -2.55. The molecule has 0 saturated heterocycles. The summed E-state index contributed by atoms with van der Waals surface area (Å²) in [5.74, 6) is 0.671. The topological polar surface area (TPSA) is 46.5 Å². The van der Waals surface area contributed by atoms with Crippen molar-refractivity contribution in [3.05, 3.63) is 0 Å². The van der Waals surface area contributed by atoms with Gasteiger partial charge in [0.1, 0.15) is 0 Å². The molecule has 2 rings (SSSR count). The summed E-state index contributed by atoms with van der Waals surface area (Å²) in [6.45, 7) is 6.70. The molecule has 4 atom stereocenters. The van der Waals surface area contributed by atoms with Crippen molar-refractivity contribution in [2.75, 3.05) is 7.11 Å². The number of methoxy groups -OCH3 is 1. The van der Waals surface area contributed by atoms with Crippen LogP contribution in [0.2, 0.25) is 0 Å². The quantitative estimate of drug-likeness (QED) is 0.783. The van der Waals surface area contributed by atoms with E-state index in [1.807, 2.05) is 0 Å². The van der Waals surface area contributed by atoms with Gasteiger partial charge in [0.05, 0.1) is 18.6 Å². The van der Waals surface area contributed by atoms with E-state index in [9.17, 15) is 9.90 Å². The predicted molar refractivity (Wildman–Crippen MR) is 74.6 cm³/mol. The number of aliphatic hydroxyl groups is 1. The Bertz CT molecular complexity index is 350. The van der Waals surface area contributed by atoms with Gasteiger partial charge in [-0.05, 0) is 55.8 Å². The monoisotopic (exact) mass is 268 g/mol. The molecule has 0 aliphatic heterocycles. The van der Waals surface area contributed by atoms with Crippen molar-refractivity contribution in [2.45, 2.75) is 64.9 Å². The molecule has 2 aliphatic rings. The molecule has 3 heteroatoms. The smallest absolute Gasteiger partial charge is 0.308 e. The van der Waals surface area contributed by atoms with Crippen LogP contribution in [0.1, 0.15) is 59.3 Å². The van der Waals surface area contributed by atoms with Crippen LogP contribution in [0.4, 0.5) is 0 Å². The molecule has 0 amide bonds. The highest BCUT2D eigenvalue weighted by atomic mass is 16.5. The van der Waals surface area contributed by atoms with Crippen LogP contribution < -0.4 is 0 Å². The summed E-state index contributed by atoms with van der Waals surface area (Å²) < 4.78 is 4.90. The van der Waals surface area contributed by atoms with E-state index in [1.165, 1.54) is 7.11 Å². The van der Waals surface area contributed by atoms with Crippen LogP contribution in [0.25, 0.3) is 0 Å². The number of hydrogen-bond acceptors (Lipinski definition) is 3. The summed E-state index contributed by atoms with van der Waals surface area (Å²) >= 11 is 0. The van der Waals surface area contributed by atoms with Gasteiger partial charge in [-0.15, -0.1) is 0 Å². The Morgan fingerprint density at radius 3 is 2.53 bits per heavy atom. The Morgan fingerprint density at radius 2 is 1.95 bits per heavy atom. The maximum absolute atomic E-state index is 11.8. The van der Waals surface area contributed by atoms with Gasteiger partial charge in [-0.25, -0.2) is 0 Å². The van der Waals surface area contributed by atoms with Gasteiger partial charge in [0, 0.05) is 0 Å². The first-order chi connectivity index (χ1) is 8.84.